The Kier molecular flexibility index (Phi) is 3.93. The minimum absolute atomic E-state index is 0.0881. The highest BCUT2D eigenvalue weighted by molar-refractivity contribution is 5.65. The molecule has 1 amide bonds. The van der Waals surface area contributed by atoms with Gasteiger partial charge >= 0.3 is 6.09 Å². The Morgan fingerprint density at radius 2 is 2.27 bits per heavy atom. The quantitative estimate of drug-likeness (QED) is 0.634. The number of nitrogens with one attached hydrogen (secondary N) is 2. The SMILES string of the molecule is CC(C)(C)C(NC(=O)O)[C@@H]1CNCCO1. The zero-order chi connectivity index (χ0) is 11.5. The van der Waals surface area contributed by atoms with Gasteiger partial charge in [-0.15, -0.1) is 0 Å². The van der Waals surface area contributed by atoms with E-state index >= 15 is 0 Å². The first-order valence-electron chi connectivity index (χ1n) is 5.23. The largest absolute Gasteiger partial charge is 0.465 e. The third-order valence-electron chi connectivity index (χ3n) is 2.54. The Balaban J connectivity index is 2.66. The monoisotopic (exact) mass is 216 g/mol. The summed E-state index contributed by atoms with van der Waals surface area (Å²) in [6.07, 6.45) is -1.08. The van der Waals surface area contributed by atoms with Crippen LogP contribution in [-0.4, -0.2) is 43.0 Å². The maximum absolute atomic E-state index is 10.7. The van der Waals surface area contributed by atoms with Crippen molar-refractivity contribution >= 4 is 6.09 Å². The lowest BCUT2D eigenvalue weighted by atomic mass is 9.83. The topological polar surface area (TPSA) is 70.6 Å². The minimum atomic E-state index is -0.996. The summed E-state index contributed by atoms with van der Waals surface area (Å²) in [7, 11) is 0. The fraction of sp³-hybridized carbons (Fsp3) is 0.900. The molecule has 5 heteroatoms. The molecule has 1 aliphatic heterocycles. The third kappa shape index (κ3) is 3.68. The number of morpholine rings is 1. The van der Waals surface area contributed by atoms with Gasteiger partial charge in [-0.2, -0.15) is 0 Å². The van der Waals surface area contributed by atoms with E-state index in [2.05, 4.69) is 10.6 Å². The van der Waals surface area contributed by atoms with Crippen LogP contribution in [0, 0.1) is 5.41 Å². The molecule has 0 bridgehead atoms. The molecule has 1 fully saturated rings. The van der Waals surface area contributed by atoms with Crippen LogP contribution in [0.2, 0.25) is 0 Å². The Hall–Kier alpha value is -0.810. The molecule has 3 N–H and O–H groups in total. The second-order valence-electron chi connectivity index (χ2n) is 4.91. The minimum Gasteiger partial charge on any atom is -0.465 e. The van der Waals surface area contributed by atoms with Crippen LogP contribution in [0.3, 0.4) is 0 Å². The van der Waals surface area contributed by atoms with Crippen LogP contribution in [0.4, 0.5) is 4.79 Å². The number of hydrogen-bond acceptors (Lipinski definition) is 3. The molecule has 0 aromatic heterocycles. The molecule has 15 heavy (non-hydrogen) atoms. The van der Waals surface area contributed by atoms with Crippen molar-refractivity contribution in [1.29, 1.82) is 0 Å². The van der Waals surface area contributed by atoms with Crippen molar-refractivity contribution in [3.05, 3.63) is 0 Å². The van der Waals surface area contributed by atoms with E-state index in [0.717, 1.165) is 6.54 Å². The van der Waals surface area contributed by atoms with Crippen LogP contribution in [0.25, 0.3) is 0 Å². The summed E-state index contributed by atoms with van der Waals surface area (Å²) in [6, 6.07) is -0.192. The smallest absolute Gasteiger partial charge is 0.404 e. The highest BCUT2D eigenvalue weighted by Gasteiger charge is 2.35. The van der Waals surface area contributed by atoms with Crippen LogP contribution in [0.15, 0.2) is 0 Å². The van der Waals surface area contributed by atoms with E-state index in [1.165, 1.54) is 0 Å². The summed E-state index contributed by atoms with van der Waals surface area (Å²) in [5.41, 5.74) is -0.151. The van der Waals surface area contributed by atoms with Crippen LogP contribution < -0.4 is 10.6 Å². The maximum Gasteiger partial charge on any atom is 0.404 e. The summed E-state index contributed by atoms with van der Waals surface area (Å²) in [6.45, 7) is 8.18. The molecular weight excluding hydrogens is 196 g/mol. The van der Waals surface area contributed by atoms with E-state index in [9.17, 15) is 4.79 Å². The molecule has 1 saturated heterocycles. The summed E-state index contributed by atoms with van der Waals surface area (Å²) in [4.78, 5) is 10.7. The lowest BCUT2D eigenvalue weighted by molar-refractivity contribution is -0.0205. The first-order chi connectivity index (χ1) is 6.91. The molecule has 0 spiro atoms. The first kappa shape index (κ1) is 12.3. The highest BCUT2D eigenvalue weighted by atomic mass is 16.5. The van der Waals surface area contributed by atoms with Crippen molar-refractivity contribution < 1.29 is 14.6 Å². The van der Waals surface area contributed by atoms with Crippen LogP contribution >= 0.6 is 0 Å². The molecule has 1 aliphatic rings. The molecular formula is C10H20N2O3. The summed E-state index contributed by atoms with van der Waals surface area (Å²) >= 11 is 0. The predicted octanol–water partition coefficient (Wildman–Crippen LogP) is 0.657. The summed E-state index contributed by atoms with van der Waals surface area (Å²) < 4.78 is 5.58. The molecule has 1 heterocycles. The second-order valence-corrected chi connectivity index (χ2v) is 4.91. The van der Waals surface area contributed by atoms with Crippen molar-refractivity contribution in [1.82, 2.24) is 10.6 Å². The Morgan fingerprint density at radius 3 is 2.67 bits per heavy atom. The predicted molar refractivity (Wildman–Crippen MR) is 57.0 cm³/mol. The van der Waals surface area contributed by atoms with Gasteiger partial charge in [-0.3, -0.25) is 0 Å². The Morgan fingerprint density at radius 1 is 1.60 bits per heavy atom. The van der Waals surface area contributed by atoms with E-state index in [4.69, 9.17) is 9.84 Å². The van der Waals surface area contributed by atoms with Gasteiger partial charge in [-0.1, -0.05) is 20.8 Å². The Labute approximate surface area is 90.2 Å². The first-order valence-corrected chi connectivity index (χ1v) is 5.23. The van der Waals surface area contributed by atoms with Gasteiger partial charge in [0.05, 0.1) is 18.8 Å². The normalized spacial score (nSPS) is 24.6. The van der Waals surface area contributed by atoms with Gasteiger partial charge in [0.2, 0.25) is 0 Å². The van der Waals surface area contributed by atoms with E-state index in [-0.39, 0.29) is 17.6 Å². The van der Waals surface area contributed by atoms with Gasteiger partial charge in [0.25, 0.3) is 0 Å². The van der Waals surface area contributed by atoms with Gasteiger partial charge in [-0.05, 0) is 5.41 Å². The van der Waals surface area contributed by atoms with Crippen molar-refractivity contribution in [2.45, 2.75) is 32.9 Å². The molecule has 1 unspecified atom stereocenters. The van der Waals surface area contributed by atoms with Gasteiger partial charge in [0, 0.05) is 13.1 Å². The van der Waals surface area contributed by atoms with E-state index < -0.39 is 6.09 Å². The zero-order valence-electron chi connectivity index (χ0n) is 9.54. The van der Waals surface area contributed by atoms with E-state index in [1.54, 1.807) is 0 Å². The average molecular weight is 216 g/mol. The fourth-order valence-electron chi connectivity index (χ4n) is 1.80. The second kappa shape index (κ2) is 4.81. The molecule has 88 valence electrons. The number of amides is 1. The van der Waals surface area contributed by atoms with Gasteiger partial charge in [0.1, 0.15) is 0 Å². The molecule has 0 aromatic rings. The standard InChI is InChI=1S/C10H20N2O3/c1-10(2,3)8(12-9(13)14)7-6-11-4-5-15-7/h7-8,11-12H,4-6H2,1-3H3,(H,13,14)/t7-,8?/m0/s1. The Bertz CT molecular complexity index is 219. The highest BCUT2D eigenvalue weighted by Crippen LogP contribution is 2.24. The number of hydrogen-bond donors (Lipinski definition) is 3. The van der Waals surface area contributed by atoms with Crippen molar-refractivity contribution in [2.24, 2.45) is 5.41 Å². The lowest BCUT2D eigenvalue weighted by Gasteiger charge is -2.38. The molecule has 0 aromatic carbocycles. The van der Waals surface area contributed by atoms with Gasteiger partial charge < -0.3 is 20.5 Å². The summed E-state index contributed by atoms with van der Waals surface area (Å²) in [5, 5.41) is 14.5. The van der Waals surface area contributed by atoms with Crippen LogP contribution in [0.1, 0.15) is 20.8 Å². The zero-order valence-corrected chi connectivity index (χ0v) is 9.54. The third-order valence-corrected chi connectivity index (χ3v) is 2.54. The summed E-state index contributed by atoms with van der Waals surface area (Å²) in [5.74, 6) is 0. The van der Waals surface area contributed by atoms with Crippen molar-refractivity contribution in [3.8, 4) is 0 Å². The van der Waals surface area contributed by atoms with E-state index in [1.807, 2.05) is 20.8 Å². The average Bonchev–Trinajstić information content (AvgIpc) is 2.14. The van der Waals surface area contributed by atoms with Crippen LogP contribution in [0.5, 0.6) is 0 Å². The van der Waals surface area contributed by atoms with Gasteiger partial charge in [-0.25, -0.2) is 4.79 Å². The molecule has 1 rings (SSSR count). The molecule has 0 aliphatic carbocycles. The fourth-order valence-corrected chi connectivity index (χ4v) is 1.80. The number of carboxylic acid groups (broad SMARTS) is 1. The van der Waals surface area contributed by atoms with Crippen molar-refractivity contribution in [2.75, 3.05) is 19.7 Å². The molecule has 2 atom stereocenters. The molecule has 0 saturated carbocycles. The lowest BCUT2D eigenvalue weighted by Crippen LogP contribution is -2.57. The van der Waals surface area contributed by atoms with Gasteiger partial charge in [0.15, 0.2) is 0 Å². The maximum atomic E-state index is 10.7. The number of carbonyl (C=O) groups is 1. The van der Waals surface area contributed by atoms with Crippen molar-refractivity contribution in [3.63, 3.8) is 0 Å². The van der Waals surface area contributed by atoms with Crippen LogP contribution in [-0.2, 0) is 4.74 Å². The number of ether oxygens (including phenoxy) is 1. The number of rotatable bonds is 2. The molecule has 0 radical (unpaired) electrons. The van der Waals surface area contributed by atoms with E-state index in [0.29, 0.717) is 13.2 Å². The molecule has 5 nitrogen and oxygen atoms in total.